The molecule has 0 fully saturated rings. The largest absolute Gasteiger partial charge is 0.481 e. The SMILES string of the molecule is CCc1ccc2nc(N(Cc3ccccn3)C(=O)c3cc(OC)nc(OC)n3)sc2c1. The van der Waals surface area contributed by atoms with Crippen molar-refractivity contribution in [3.8, 4) is 11.9 Å². The zero-order chi connectivity index (χ0) is 21.8. The average Bonchev–Trinajstić information content (AvgIpc) is 3.25. The van der Waals surface area contributed by atoms with E-state index in [1.165, 1.54) is 37.2 Å². The molecule has 8 nitrogen and oxygen atoms in total. The highest BCUT2D eigenvalue weighted by Crippen LogP contribution is 2.31. The number of ether oxygens (including phenoxy) is 2. The molecule has 3 aromatic heterocycles. The summed E-state index contributed by atoms with van der Waals surface area (Å²) >= 11 is 1.46. The van der Waals surface area contributed by atoms with E-state index in [-0.39, 0.29) is 30.0 Å². The average molecular weight is 436 g/mol. The van der Waals surface area contributed by atoms with E-state index in [4.69, 9.17) is 14.5 Å². The van der Waals surface area contributed by atoms with E-state index in [0.717, 1.165) is 22.3 Å². The van der Waals surface area contributed by atoms with Crippen LogP contribution in [0.25, 0.3) is 10.2 Å². The molecule has 1 amide bonds. The van der Waals surface area contributed by atoms with Crippen molar-refractivity contribution in [1.82, 2.24) is 19.9 Å². The second-order valence-corrected chi connectivity index (χ2v) is 7.66. The molecule has 0 aliphatic rings. The van der Waals surface area contributed by atoms with Crippen LogP contribution >= 0.6 is 11.3 Å². The number of fused-ring (bicyclic) bond motifs is 1. The highest BCUT2D eigenvalue weighted by molar-refractivity contribution is 7.22. The zero-order valence-corrected chi connectivity index (χ0v) is 18.2. The Morgan fingerprint density at radius 3 is 2.65 bits per heavy atom. The molecule has 158 valence electrons. The van der Waals surface area contributed by atoms with Crippen molar-refractivity contribution >= 4 is 32.6 Å². The van der Waals surface area contributed by atoms with Gasteiger partial charge in [0.25, 0.3) is 5.91 Å². The van der Waals surface area contributed by atoms with Crippen LogP contribution in [-0.2, 0) is 13.0 Å². The fourth-order valence-corrected chi connectivity index (χ4v) is 4.05. The maximum Gasteiger partial charge on any atom is 0.320 e. The standard InChI is InChI=1S/C22H21N5O3S/c1-4-14-8-9-16-18(11-14)31-22(25-16)27(13-15-7-5-6-10-23-15)20(28)17-12-19(29-2)26-21(24-17)30-3/h5-12H,4,13H2,1-3H3. The number of carbonyl (C=O) groups is 1. The van der Waals surface area contributed by atoms with Crippen LogP contribution in [-0.4, -0.2) is 40.1 Å². The molecule has 0 radical (unpaired) electrons. The molecule has 3 heterocycles. The van der Waals surface area contributed by atoms with E-state index < -0.39 is 0 Å². The Hall–Kier alpha value is -3.59. The van der Waals surface area contributed by atoms with Crippen LogP contribution < -0.4 is 14.4 Å². The quantitative estimate of drug-likeness (QED) is 0.435. The van der Waals surface area contributed by atoms with Crippen molar-refractivity contribution in [2.45, 2.75) is 19.9 Å². The first-order valence-electron chi connectivity index (χ1n) is 9.69. The summed E-state index contributed by atoms with van der Waals surface area (Å²) in [4.78, 5) is 32.5. The van der Waals surface area contributed by atoms with E-state index in [0.29, 0.717) is 5.13 Å². The van der Waals surface area contributed by atoms with Gasteiger partial charge in [0.05, 0.1) is 36.7 Å². The van der Waals surface area contributed by atoms with Crippen LogP contribution in [0.15, 0.2) is 48.7 Å². The van der Waals surface area contributed by atoms with Gasteiger partial charge in [0.15, 0.2) is 5.13 Å². The van der Waals surface area contributed by atoms with Crippen LogP contribution in [0.2, 0.25) is 0 Å². The predicted molar refractivity (Wildman–Crippen MR) is 119 cm³/mol. The monoisotopic (exact) mass is 435 g/mol. The molecular weight excluding hydrogens is 414 g/mol. The minimum Gasteiger partial charge on any atom is -0.481 e. The van der Waals surface area contributed by atoms with Gasteiger partial charge in [-0.15, -0.1) is 0 Å². The third-order valence-electron chi connectivity index (χ3n) is 4.67. The Morgan fingerprint density at radius 2 is 1.94 bits per heavy atom. The molecule has 0 saturated carbocycles. The Kier molecular flexibility index (Phi) is 6.03. The number of hydrogen-bond acceptors (Lipinski definition) is 8. The van der Waals surface area contributed by atoms with Crippen molar-refractivity contribution in [3.63, 3.8) is 0 Å². The van der Waals surface area contributed by atoms with Crippen LogP contribution in [0, 0.1) is 0 Å². The third-order valence-corrected chi connectivity index (χ3v) is 5.71. The number of pyridine rings is 1. The lowest BCUT2D eigenvalue weighted by Gasteiger charge is -2.19. The topological polar surface area (TPSA) is 90.3 Å². The van der Waals surface area contributed by atoms with Gasteiger partial charge in [0.2, 0.25) is 5.88 Å². The highest BCUT2D eigenvalue weighted by Gasteiger charge is 2.25. The van der Waals surface area contributed by atoms with Crippen molar-refractivity contribution < 1.29 is 14.3 Å². The summed E-state index contributed by atoms with van der Waals surface area (Å²) in [6.45, 7) is 2.35. The maximum atomic E-state index is 13.5. The first kappa shape index (κ1) is 20.7. The van der Waals surface area contributed by atoms with Gasteiger partial charge in [-0.2, -0.15) is 9.97 Å². The summed E-state index contributed by atoms with van der Waals surface area (Å²) in [5.41, 5.74) is 2.94. The molecule has 0 N–H and O–H groups in total. The summed E-state index contributed by atoms with van der Waals surface area (Å²) in [7, 11) is 2.91. The Bertz CT molecular complexity index is 1190. The van der Waals surface area contributed by atoms with Crippen LogP contribution in [0.5, 0.6) is 11.9 Å². The summed E-state index contributed by atoms with van der Waals surface area (Å²) in [5.74, 6) is -0.107. The second kappa shape index (κ2) is 9.05. The lowest BCUT2D eigenvalue weighted by Crippen LogP contribution is -2.31. The molecule has 0 atom stereocenters. The number of amides is 1. The van der Waals surface area contributed by atoms with Gasteiger partial charge in [-0.1, -0.05) is 30.4 Å². The number of rotatable bonds is 7. The first-order valence-corrected chi connectivity index (χ1v) is 10.5. The Labute approximate surface area is 183 Å². The van der Waals surface area contributed by atoms with Crippen molar-refractivity contribution in [1.29, 1.82) is 0 Å². The molecule has 0 spiro atoms. The minimum absolute atomic E-state index is 0.0531. The molecule has 31 heavy (non-hydrogen) atoms. The second-order valence-electron chi connectivity index (χ2n) is 6.65. The van der Waals surface area contributed by atoms with E-state index in [1.54, 1.807) is 11.1 Å². The highest BCUT2D eigenvalue weighted by atomic mass is 32.1. The number of carbonyl (C=O) groups excluding carboxylic acids is 1. The van der Waals surface area contributed by atoms with Gasteiger partial charge in [0, 0.05) is 12.3 Å². The number of anilines is 1. The number of thiazole rings is 1. The number of benzene rings is 1. The van der Waals surface area contributed by atoms with Crippen LogP contribution in [0.1, 0.15) is 28.7 Å². The predicted octanol–water partition coefficient (Wildman–Crippen LogP) is 3.91. The molecular formula is C22H21N5O3S. The fraction of sp³-hybridized carbons (Fsp3) is 0.227. The third kappa shape index (κ3) is 4.46. The number of methoxy groups -OCH3 is 2. The molecule has 0 aliphatic heterocycles. The van der Waals surface area contributed by atoms with Crippen molar-refractivity contribution in [2.75, 3.05) is 19.1 Å². The molecule has 0 saturated heterocycles. The minimum atomic E-state index is -0.348. The number of nitrogens with zero attached hydrogens (tertiary/aromatic N) is 5. The van der Waals surface area contributed by atoms with E-state index in [9.17, 15) is 4.79 Å². The summed E-state index contributed by atoms with van der Waals surface area (Å²) < 4.78 is 11.3. The summed E-state index contributed by atoms with van der Waals surface area (Å²) in [6.07, 6.45) is 2.63. The van der Waals surface area contributed by atoms with E-state index in [2.05, 4.69) is 34.0 Å². The van der Waals surface area contributed by atoms with Gasteiger partial charge < -0.3 is 9.47 Å². The van der Waals surface area contributed by atoms with Gasteiger partial charge in [-0.05, 0) is 36.2 Å². The zero-order valence-electron chi connectivity index (χ0n) is 17.4. The maximum absolute atomic E-state index is 13.5. The number of hydrogen-bond donors (Lipinski definition) is 0. The number of aryl methyl sites for hydroxylation is 1. The van der Waals surface area contributed by atoms with Crippen LogP contribution in [0.3, 0.4) is 0 Å². The van der Waals surface area contributed by atoms with Crippen molar-refractivity contribution in [3.05, 3.63) is 65.6 Å². The van der Waals surface area contributed by atoms with Crippen molar-refractivity contribution in [2.24, 2.45) is 0 Å². The lowest BCUT2D eigenvalue weighted by molar-refractivity contribution is 0.0978. The lowest BCUT2D eigenvalue weighted by atomic mass is 10.2. The summed E-state index contributed by atoms with van der Waals surface area (Å²) in [6, 6.07) is 13.3. The molecule has 1 aromatic carbocycles. The number of aromatic nitrogens is 4. The molecule has 9 heteroatoms. The van der Waals surface area contributed by atoms with E-state index in [1.807, 2.05) is 24.3 Å². The smallest absolute Gasteiger partial charge is 0.320 e. The molecule has 0 bridgehead atoms. The van der Waals surface area contributed by atoms with E-state index >= 15 is 0 Å². The normalized spacial score (nSPS) is 10.8. The molecule has 4 rings (SSSR count). The van der Waals surface area contributed by atoms with Gasteiger partial charge in [0.1, 0.15) is 5.69 Å². The van der Waals surface area contributed by atoms with Gasteiger partial charge in [-0.3, -0.25) is 14.7 Å². The van der Waals surface area contributed by atoms with Gasteiger partial charge in [-0.25, -0.2) is 4.98 Å². The van der Waals surface area contributed by atoms with Gasteiger partial charge >= 0.3 is 6.01 Å². The Balaban J connectivity index is 1.78. The first-order chi connectivity index (χ1) is 15.1. The summed E-state index contributed by atoms with van der Waals surface area (Å²) in [5, 5.41) is 0.565. The molecule has 4 aromatic rings. The Morgan fingerprint density at radius 1 is 1.06 bits per heavy atom. The fourth-order valence-electron chi connectivity index (χ4n) is 3.02. The molecule has 0 aliphatic carbocycles. The molecule has 0 unspecified atom stereocenters. The van der Waals surface area contributed by atoms with Crippen LogP contribution in [0.4, 0.5) is 5.13 Å².